The lowest BCUT2D eigenvalue weighted by molar-refractivity contribution is -0.0744. The Balaban J connectivity index is 1.62. The molecular formula is C19H28N6O2. The molecule has 2 saturated heterocycles. The molecule has 2 aliphatic heterocycles. The van der Waals surface area contributed by atoms with Gasteiger partial charge < -0.3 is 14.5 Å². The zero-order valence-corrected chi connectivity index (χ0v) is 16.1. The zero-order valence-electron chi connectivity index (χ0n) is 16.1. The third-order valence-corrected chi connectivity index (χ3v) is 5.61. The summed E-state index contributed by atoms with van der Waals surface area (Å²) in [6.07, 6.45) is 9.23. The average Bonchev–Trinajstić information content (AvgIpc) is 3.30. The molecule has 2 fully saturated rings. The first-order chi connectivity index (χ1) is 13.1. The molecule has 0 bridgehead atoms. The van der Waals surface area contributed by atoms with Crippen molar-refractivity contribution in [3.05, 3.63) is 35.9 Å². The second-order valence-corrected chi connectivity index (χ2v) is 7.50. The van der Waals surface area contributed by atoms with E-state index < -0.39 is 0 Å². The van der Waals surface area contributed by atoms with E-state index in [9.17, 15) is 4.79 Å². The summed E-state index contributed by atoms with van der Waals surface area (Å²) in [6, 6.07) is 1.63. The van der Waals surface area contributed by atoms with Crippen molar-refractivity contribution < 1.29 is 9.53 Å². The van der Waals surface area contributed by atoms with E-state index in [1.807, 2.05) is 24.3 Å². The Morgan fingerprint density at radius 1 is 1.19 bits per heavy atom. The number of hydrogen-bond donors (Lipinski definition) is 0. The molecule has 27 heavy (non-hydrogen) atoms. The van der Waals surface area contributed by atoms with E-state index in [1.54, 1.807) is 28.7 Å². The maximum atomic E-state index is 13.3. The second-order valence-electron chi connectivity index (χ2n) is 7.50. The molecule has 0 aromatic carbocycles. The van der Waals surface area contributed by atoms with Crippen LogP contribution in [0.25, 0.3) is 0 Å². The van der Waals surface area contributed by atoms with Crippen LogP contribution in [0.4, 0.5) is 0 Å². The van der Waals surface area contributed by atoms with E-state index in [0.717, 1.165) is 25.2 Å². The van der Waals surface area contributed by atoms with Crippen LogP contribution in [-0.4, -0.2) is 74.2 Å². The van der Waals surface area contributed by atoms with Gasteiger partial charge in [-0.3, -0.25) is 14.2 Å². The van der Waals surface area contributed by atoms with Gasteiger partial charge in [-0.2, -0.15) is 10.2 Å². The molecule has 2 aromatic rings. The Morgan fingerprint density at radius 2 is 2.00 bits per heavy atom. The van der Waals surface area contributed by atoms with Gasteiger partial charge in [0, 0.05) is 45.1 Å². The van der Waals surface area contributed by atoms with Crippen molar-refractivity contribution >= 4 is 5.91 Å². The third kappa shape index (κ3) is 3.77. The molecule has 146 valence electrons. The molecule has 4 rings (SSSR count). The molecule has 4 heterocycles. The smallest absolute Gasteiger partial charge is 0.272 e. The first-order valence-corrected chi connectivity index (χ1v) is 9.75. The molecule has 2 aliphatic rings. The zero-order chi connectivity index (χ0) is 18.8. The summed E-state index contributed by atoms with van der Waals surface area (Å²) >= 11 is 0. The topological polar surface area (TPSA) is 68.4 Å². The fraction of sp³-hybridized carbons (Fsp3) is 0.632. The minimum absolute atomic E-state index is 0.00389. The summed E-state index contributed by atoms with van der Waals surface area (Å²) < 4.78 is 9.61. The maximum absolute atomic E-state index is 13.3. The lowest BCUT2D eigenvalue weighted by Gasteiger charge is -2.43. The van der Waals surface area contributed by atoms with E-state index in [1.165, 1.54) is 19.3 Å². The van der Waals surface area contributed by atoms with Crippen molar-refractivity contribution in [3.63, 3.8) is 0 Å². The fourth-order valence-corrected chi connectivity index (χ4v) is 4.23. The van der Waals surface area contributed by atoms with Crippen LogP contribution >= 0.6 is 0 Å². The molecule has 1 amide bonds. The third-order valence-electron chi connectivity index (χ3n) is 5.61. The van der Waals surface area contributed by atoms with Crippen LogP contribution in [0.3, 0.4) is 0 Å². The number of carbonyl (C=O) groups excluding carboxylic acids is 1. The van der Waals surface area contributed by atoms with Crippen LogP contribution in [0.15, 0.2) is 24.7 Å². The average molecular weight is 372 g/mol. The Hall–Kier alpha value is -2.19. The Labute approximate surface area is 159 Å². The van der Waals surface area contributed by atoms with Gasteiger partial charge in [-0.25, -0.2) is 0 Å². The number of aromatic nitrogens is 4. The van der Waals surface area contributed by atoms with E-state index in [0.29, 0.717) is 18.8 Å². The van der Waals surface area contributed by atoms with Crippen molar-refractivity contribution in [2.45, 2.75) is 31.4 Å². The summed E-state index contributed by atoms with van der Waals surface area (Å²) in [4.78, 5) is 17.7. The number of morpholine rings is 1. The number of likely N-dealkylation sites (tertiary alicyclic amines) is 1. The number of carbonyl (C=O) groups is 1. The number of aryl methyl sites for hydroxylation is 2. The van der Waals surface area contributed by atoms with Crippen LogP contribution in [-0.2, 0) is 18.8 Å². The molecule has 8 heteroatoms. The number of piperidine rings is 1. The summed E-state index contributed by atoms with van der Waals surface area (Å²) in [5.74, 6) is -0.00389. The van der Waals surface area contributed by atoms with Gasteiger partial charge in [0.15, 0.2) is 0 Å². The molecular weight excluding hydrogens is 344 g/mol. The minimum atomic E-state index is -0.142. The number of ether oxygens (including phenoxy) is 1. The van der Waals surface area contributed by atoms with Gasteiger partial charge in [-0.15, -0.1) is 0 Å². The van der Waals surface area contributed by atoms with Gasteiger partial charge in [0.25, 0.3) is 5.91 Å². The predicted molar refractivity (Wildman–Crippen MR) is 100 cm³/mol. The van der Waals surface area contributed by atoms with E-state index >= 15 is 0 Å². The first-order valence-electron chi connectivity index (χ1n) is 9.75. The molecule has 0 unspecified atom stereocenters. The largest absolute Gasteiger partial charge is 0.373 e. The molecule has 0 N–H and O–H groups in total. The van der Waals surface area contributed by atoms with Crippen LogP contribution in [0, 0.1) is 0 Å². The van der Waals surface area contributed by atoms with Crippen molar-refractivity contribution in [1.82, 2.24) is 29.4 Å². The highest BCUT2D eigenvalue weighted by Crippen LogP contribution is 2.31. The number of hydrogen-bond acceptors (Lipinski definition) is 5. The predicted octanol–water partition coefficient (Wildman–Crippen LogP) is 1.22. The normalized spacial score (nSPS) is 24.3. The van der Waals surface area contributed by atoms with Gasteiger partial charge in [0.2, 0.25) is 0 Å². The van der Waals surface area contributed by atoms with E-state index in [-0.39, 0.29) is 18.1 Å². The number of rotatable bonds is 4. The molecule has 0 spiro atoms. The summed E-state index contributed by atoms with van der Waals surface area (Å²) in [7, 11) is 3.71. The molecule has 8 nitrogen and oxygen atoms in total. The van der Waals surface area contributed by atoms with Crippen molar-refractivity contribution in [2.24, 2.45) is 14.1 Å². The molecule has 2 atom stereocenters. The van der Waals surface area contributed by atoms with Gasteiger partial charge >= 0.3 is 0 Å². The van der Waals surface area contributed by atoms with Crippen molar-refractivity contribution in [1.29, 1.82) is 0 Å². The van der Waals surface area contributed by atoms with E-state index in [2.05, 4.69) is 15.1 Å². The summed E-state index contributed by atoms with van der Waals surface area (Å²) in [5.41, 5.74) is 1.62. The minimum Gasteiger partial charge on any atom is -0.373 e. The van der Waals surface area contributed by atoms with Crippen molar-refractivity contribution in [2.75, 3.05) is 32.8 Å². The quantitative estimate of drug-likeness (QED) is 0.807. The second kappa shape index (κ2) is 7.82. The molecule has 2 aromatic heterocycles. The van der Waals surface area contributed by atoms with Gasteiger partial charge in [-0.05, 0) is 32.0 Å². The first kappa shape index (κ1) is 18.2. The lowest BCUT2D eigenvalue weighted by Crippen LogP contribution is -2.52. The highest BCUT2D eigenvalue weighted by atomic mass is 16.5. The van der Waals surface area contributed by atoms with Gasteiger partial charge in [0.1, 0.15) is 5.69 Å². The van der Waals surface area contributed by atoms with Gasteiger partial charge in [0.05, 0.1) is 24.9 Å². The highest BCUT2D eigenvalue weighted by Gasteiger charge is 2.39. The maximum Gasteiger partial charge on any atom is 0.272 e. The number of nitrogens with zero attached hydrogens (tertiary/aromatic N) is 6. The molecule has 0 saturated carbocycles. The summed E-state index contributed by atoms with van der Waals surface area (Å²) in [6.45, 7) is 4.18. The molecule has 0 radical (unpaired) electrons. The van der Waals surface area contributed by atoms with Crippen LogP contribution < -0.4 is 0 Å². The monoisotopic (exact) mass is 372 g/mol. The molecule has 0 aliphatic carbocycles. The SMILES string of the molecule is Cn1cc([C@H]2[C@H](CN3CCCCC3)OCCN2C(=O)c2ccnn2C)cn1. The van der Waals surface area contributed by atoms with E-state index in [4.69, 9.17) is 4.74 Å². The lowest BCUT2D eigenvalue weighted by atomic mass is 9.99. The Kier molecular flexibility index (Phi) is 5.27. The number of amides is 1. The Morgan fingerprint density at radius 3 is 2.67 bits per heavy atom. The van der Waals surface area contributed by atoms with Crippen LogP contribution in [0.1, 0.15) is 41.4 Å². The standard InChI is InChI=1S/C19H28N6O2/c1-22-13-15(12-21-22)18-17(14-24-8-4-3-5-9-24)27-11-10-25(18)19(26)16-6-7-20-23(16)2/h6-7,12-13,17-18H,3-5,8-11,14H2,1-2H3/t17-,18-/m0/s1. The van der Waals surface area contributed by atoms with Crippen LogP contribution in [0.2, 0.25) is 0 Å². The van der Waals surface area contributed by atoms with Crippen molar-refractivity contribution in [3.8, 4) is 0 Å². The van der Waals surface area contributed by atoms with Gasteiger partial charge in [-0.1, -0.05) is 6.42 Å². The highest BCUT2D eigenvalue weighted by molar-refractivity contribution is 5.93. The Bertz CT molecular complexity index is 779. The summed E-state index contributed by atoms with van der Waals surface area (Å²) in [5, 5.41) is 8.50. The fourth-order valence-electron chi connectivity index (χ4n) is 4.23. The van der Waals surface area contributed by atoms with Crippen LogP contribution in [0.5, 0.6) is 0 Å².